The van der Waals surface area contributed by atoms with Crippen LogP contribution in [-0.2, 0) is 14.6 Å². The number of sulfone groups is 1. The van der Waals surface area contributed by atoms with Crippen LogP contribution >= 0.6 is 0 Å². The lowest BCUT2D eigenvalue weighted by atomic mass is 10.2. The molecule has 24 heavy (non-hydrogen) atoms. The molecule has 15 heteroatoms. The first-order chi connectivity index (χ1) is 10.8. The van der Waals surface area contributed by atoms with Crippen LogP contribution < -0.4 is 5.32 Å². The Morgan fingerprint density at radius 1 is 1.17 bits per heavy atom. The number of alkyl halides is 3. The molecule has 0 saturated heterocycles. The van der Waals surface area contributed by atoms with E-state index in [4.69, 9.17) is 5.11 Å². The van der Waals surface area contributed by atoms with Crippen molar-refractivity contribution < 1.29 is 41.3 Å². The van der Waals surface area contributed by atoms with Crippen molar-refractivity contribution in [2.45, 2.75) is 10.4 Å². The predicted octanol–water partition coefficient (Wildman–Crippen LogP) is 1.29. The van der Waals surface area contributed by atoms with Gasteiger partial charge >= 0.3 is 22.9 Å². The van der Waals surface area contributed by atoms with Crippen molar-refractivity contribution in [3.63, 3.8) is 0 Å². The number of halogens is 3. The van der Waals surface area contributed by atoms with Crippen molar-refractivity contribution in [3.05, 3.63) is 32.4 Å². The fourth-order valence-corrected chi connectivity index (χ4v) is 2.31. The Bertz CT molecular complexity index is 785. The Balaban J connectivity index is 3.74. The maximum absolute atomic E-state index is 12.5. The van der Waals surface area contributed by atoms with Crippen LogP contribution in [0.3, 0.4) is 0 Å². The minimum absolute atomic E-state index is 0.0417. The third-order valence-electron chi connectivity index (χ3n) is 2.50. The molecule has 0 bridgehead atoms. The van der Waals surface area contributed by atoms with Gasteiger partial charge in [0.1, 0.15) is 6.54 Å². The van der Waals surface area contributed by atoms with Gasteiger partial charge in [0.2, 0.25) is 0 Å². The number of carbonyl (C=O) groups is 1. The van der Waals surface area contributed by atoms with Crippen molar-refractivity contribution in [2.75, 3.05) is 11.9 Å². The molecule has 0 amide bonds. The topological polar surface area (TPSA) is 170 Å². The average molecular weight is 373 g/mol. The summed E-state index contributed by atoms with van der Waals surface area (Å²) in [4.78, 5) is 27.7. The first-order valence-electron chi connectivity index (χ1n) is 5.53. The Morgan fingerprint density at radius 3 is 1.88 bits per heavy atom. The molecule has 0 atom stereocenters. The number of benzene rings is 1. The largest absolute Gasteiger partial charge is 0.501 e. The molecule has 0 fully saturated rings. The van der Waals surface area contributed by atoms with E-state index in [2.05, 4.69) is 0 Å². The lowest BCUT2D eigenvalue weighted by Gasteiger charge is -2.10. The van der Waals surface area contributed by atoms with Gasteiger partial charge in [-0.1, -0.05) is 0 Å². The number of hydrogen-bond donors (Lipinski definition) is 2. The van der Waals surface area contributed by atoms with Crippen LogP contribution in [0.1, 0.15) is 0 Å². The molecule has 0 heterocycles. The highest BCUT2D eigenvalue weighted by Gasteiger charge is 2.48. The van der Waals surface area contributed by atoms with Gasteiger partial charge in [-0.25, -0.2) is 8.42 Å². The van der Waals surface area contributed by atoms with Crippen molar-refractivity contribution in [1.82, 2.24) is 0 Å². The summed E-state index contributed by atoms with van der Waals surface area (Å²) in [5.74, 6) is -1.58. The number of nitro benzene ring substituents is 2. The number of aliphatic carboxylic acids is 1. The zero-order chi connectivity index (χ0) is 18.9. The number of carboxylic acid groups (broad SMARTS) is 1. The van der Waals surface area contributed by atoms with E-state index in [0.717, 1.165) is 0 Å². The van der Waals surface area contributed by atoms with E-state index in [1.165, 1.54) is 0 Å². The molecular formula is C9H6F3N3O8S. The normalized spacial score (nSPS) is 11.8. The highest BCUT2D eigenvalue weighted by Crippen LogP contribution is 2.40. The van der Waals surface area contributed by atoms with E-state index in [0.29, 0.717) is 0 Å². The zero-order valence-electron chi connectivity index (χ0n) is 11.1. The minimum Gasteiger partial charge on any atom is -0.480 e. The van der Waals surface area contributed by atoms with Crippen LogP contribution in [0.2, 0.25) is 0 Å². The van der Waals surface area contributed by atoms with Gasteiger partial charge in [0, 0.05) is 12.1 Å². The number of nitrogens with zero attached hydrogens (tertiary/aromatic N) is 2. The quantitative estimate of drug-likeness (QED) is 0.551. The average Bonchev–Trinajstić information content (AvgIpc) is 2.42. The molecule has 0 aliphatic heterocycles. The van der Waals surface area contributed by atoms with Gasteiger partial charge in [0.05, 0.1) is 14.7 Å². The second kappa shape index (κ2) is 6.26. The van der Waals surface area contributed by atoms with Crippen molar-refractivity contribution in [3.8, 4) is 0 Å². The van der Waals surface area contributed by atoms with E-state index in [1.807, 2.05) is 0 Å². The van der Waals surface area contributed by atoms with E-state index >= 15 is 0 Å². The first-order valence-corrected chi connectivity index (χ1v) is 7.01. The summed E-state index contributed by atoms with van der Waals surface area (Å²) >= 11 is 0. The fourth-order valence-electron chi connectivity index (χ4n) is 1.51. The molecule has 1 aromatic rings. The lowest BCUT2D eigenvalue weighted by Crippen LogP contribution is -2.24. The molecule has 132 valence electrons. The zero-order valence-corrected chi connectivity index (χ0v) is 11.9. The van der Waals surface area contributed by atoms with Gasteiger partial charge in [-0.15, -0.1) is 0 Å². The molecule has 1 aromatic carbocycles. The predicted molar refractivity (Wildman–Crippen MR) is 69.1 cm³/mol. The maximum Gasteiger partial charge on any atom is 0.501 e. The van der Waals surface area contributed by atoms with Gasteiger partial charge in [0.15, 0.2) is 5.69 Å². The molecule has 1 rings (SSSR count). The van der Waals surface area contributed by atoms with Gasteiger partial charge in [0.25, 0.3) is 9.84 Å². The molecule has 2 N–H and O–H groups in total. The van der Waals surface area contributed by atoms with Crippen molar-refractivity contribution >= 4 is 32.9 Å². The third kappa shape index (κ3) is 3.67. The fraction of sp³-hybridized carbons (Fsp3) is 0.222. The van der Waals surface area contributed by atoms with Crippen molar-refractivity contribution in [1.29, 1.82) is 0 Å². The highest BCUT2D eigenvalue weighted by molar-refractivity contribution is 7.92. The number of carboxylic acids is 1. The second-order valence-electron chi connectivity index (χ2n) is 4.05. The molecule has 0 radical (unpaired) electrons. The Labute approximate surface area is 129 Å². The van der Waals surface area contributed by atoms with Gasteiger partial charge in [-0.3, -0.25) is 25.0 Å². The first kappa shape index (κ1) is 19.1. The minimum atomic E-state index is -6.09. The summed E-state index contributed by atoms with van der Waals surface area (Å²) in [6, 6.07) is -0.0833. The number of anilines is 1. The van der Waals surface area contributed by atoms with Crippen molar-refractivity contribution in [2.24, 2.45) is 0 Å². The van der Waals surface area contributed by atoms with Gasteiger partial charge in [-0.05, 0) is 0 Å². The summed E-state index contributed by atoms with van der Waals surface area (Å²) < 4.78 is 60.1. The maximum atomic E-state index is 12.5. The number of hydrogen-bond acceptors (Lipinski definition) is 8. The second-order valence-corrected chi connectivity index (χ2v) is 5.99. The van der Waals surface area contributed by atoms with Crippen LogP contribution in [0.5, 0.6) is 0 Å². The Morgan fingerprint density at radius 2 is 1.58 bits per heavy atom. The summed E-state index contributed by atoms with van der Waals surface area (Å²) in [5, 5.41) is 32.1. The summed E-state index contributed by atoms with van der Waals surface area (Å²) in [6.07, 6.45) is 0. The highest BCUT2D eigenvalue weighted by atomic mass is 32.2. The third-order valence-corrected chi connectivity index (χ3v) is 3.96. The number of rotatable bonds is 6. The summed E-state index contributed by atoms with van der Waals surface area (Å²) in [5.41, 5.74) is -9.67. The standard InChI is InChI=1S/C9H6F3N3O8S/c10-9(11,12)24(22,23)4-1-5(14(18)19)8(13-3-7(16)17)6(2-4)15(20)21/h1-2,13H,3H2,(H,16,17). The lowest BCUT2D eigenvalue weighted by molar-refractivity contribution is -0.392. The van der Waals surface area contributed by atoms with Crippen LogP contribution in [0.25, 0.3) is 0 Å². The van der Waals surface area contributed by atoms with E-state index in [-0.39, 0.29) is 12.1 Å². The number of nitrogens with one attached hydrogen (secondary N) is 1. The van der Waals surface area contributed by atoms with Crippen LogP contribution in [0.15, 0.2) is 17.0 Å². The van der Waals surface area contributed by atoms with Crippen LogP contribution in [-0.4, -0.2) is 41.4 Å². The molecule has 0 unspecified atom stereocenters. The van der Waals surface area contributed by atoms with E-state index in [1.54, 1.807) is 5.32 Å². The monoisotopic (exact) mass is 373 g/mol. The molecule has 0 aliphatic carbocycles. The molecule has 0 saturated carbocycles. The van der Waals surface area contributed by atoms with E-state index in [9.17, 15) is 46.6 Å². The smallest absolute Gasteiger partial charge is 0.480 e. The van der Waals surface area contributed by atoms with Gasteiger partial charge in [-0.2, -0.15) is 13.2 Å². The Hall–Kier alpha value is -2.97. The molecule has 11 nitrogen and oxygen atoms in total. The summed E-state index contributed by atoms with van der Waals surface area (Å²) in [6.45, 7) is -1.03. The summed E-state index contributed by atoms with van der Waals surface area (Å²) in [7, 11) is -6.09. The SMILES string of the molecule is O=C(O)CNc1c([N+](=O)[O-])cc(S(=O)(=O)C(F)(F)F)cc1[N+](=O)[O-]. The van der Waals surface area contributed by atoms with E-state index < -0.39 is 59.7 Å². The van der Waals surface area contributed by atoms with Crippen LogP contribution in [0, 0.1) is 20.2 Å². The molecule has 0 spiro atoms. The molecule has 0 aromatic heterocycles. The van der Waals surface area contributed by atoms with Crippen LogP contribution in [0.4, 0.5) is 30.2 Å². The molecular weight excluding hydrogens is 367 g/mol. The molecule has 0 aliphatic rings. The Kier molecular flexibility index (Phi) is 4.98. The number of nitro groups is 2. The van der Waals surface area contributed by atoms with Gasteiger partial charge < -0.3 is 10.4 Å².